The van der Waals surface area contributed by atoms with Gasteiger partial charge in [0.05, 0.1) is 0 Å². The summed E-state index contributed by atoms with van der Waals surface area (Å²) in [7, 11) is 0. The summed E-state index contributed by atoms with van der Waals surface area (Å²) >= 11 is 0. The average Bonchev–Trinajstić information content (AvgIpc) is 2.30. The molecule has 0 aromatic heterocycles. The minimum absolute atomic E-state index is 0.289. The summed E-state index contributed by atoms with van der Waals surface area (Å²) in [5.74, 6) is -0.696. The number of aliphatic carboxylic acids is 1. The molecule has 0 heterocycles. The lowest BCUT2D eigenvalue weighted by Crippen LogP contribution is -1.98. The molecule has 3 nitrogen and oxygen atoms in total. The second-order valence-electron chi connectivity index (χ2n) is 4.58. The Labute approximate surface area is 106 Å². The lowest BCUT2D eigenvalue weighted by atomic mass is 10.1. The van der Waals surface area contributed by atoms with Gasteiger partial charge in [0.25, 0.3) is 0 Å². The molecule has 1 N–H and O–H groups in total. The molecule has 0 aliphatic rings. The summed E-state index contributed by atoms with van der Waals surface area (Å²) in [4.78, 5) is 10.3. The van der Waals surface area contributed by atoms with Crippen molar-refractivity contribution in [3.8, 4) is 0 Å². The van der Waals surface area contributed by atoms with Crippen LogP contribution in [-0.4, -0.2) is 24.3 Å². The van der Waals surface area contributed by atoms with Gasteiger partial charge < -0.3 is 9.84 Å². The van der Waals surface area contributed by atoms with Gasteiger partial charge in [-0.2, -0.15) is 0 Å². The van der Waals surface area contributed by atoms with Crippen LogP contribution in [0.15, 0.2) is 0 Å². The van der Waals surface area contributed by atoms with Gasteiger partial charge in [-0.1, -0.05) is 45.4 Å². The van der Waals surface area contributed by atoms with Crippen LogP contribution in [0.4, 0.5) is 0 Å². The van der Waals surface area contributed by atoms with E-state index in [1.54, 1.807) is 0 Å². The number of ether oxygens (including phenoxy) is 1. The molecular formula is C14H28O3. The molecule has 0 unspecified atom stereocenters. The van der Waals surface area contributed by atoms with E-state index in [0.717, 1.165) is 32.5 Å². The average molecular weight is 244 g/mol. The van der Waals surface area contributed by atoms with Crippen molar-refractivity contribution in [2.75, 3.05) is 13.2 Å². The van der Waals surface area contributed by atoms with Crippen molar-refractivity contribution in [1.82, 2.24) is 0 Å². The number of unbranched alkanes of at least 4 members (excludes halogenated alkanes) is 7. The van der Waals surface area contributed by atoms with E-state index in [9.17, 15) is 4.79 Å². The minimum Gasteiger partial charge on any atom is -0.481 e. The Morgan fingerprint density at radius 2 is 1.41 bits per heavy atom. The Bertz CT molecular complexity index is 169. The summed E-state index contributed by atoms with van der Waals surface area (Å²) in [6.45, 7) is 3.88. The largest absolute Gasteiger partial charge is 0.481 e. The van der Waals surface area contributed by atoms with Gasteiger partial charge in [0.2, 0.25) is 0 Å². The molecule has 0 amide bonds. The van der Waals surface area contributed by atoms with Gasteiger partial charge in [-0.3, -0.25) is 4.79 Å². The Hall–Kier alpha value is -0.570. The monoisotopic (exact) mass is 244 g/mol. The lowest BCUT2D eigenvalue weighted by molar-refractivity contribution is -0.137. The van der Waals surface area contributed by atoms with E-state index in [1.807, 2.05) is 0 Å². The van der Waals surface area contributed by atoms with Crippen molar-refractivity contribution in [2.45, 2.75) is 71.1 Å². The third kappa shape index (κ3) is 15.4. The standard InChI is InChI=1S/C14H28O3/c1-2-3-4-5-6-9-12-17-13-10-7-8-11-14(15)16/h2-13H2,1H3,(H,15,16). The molecule has 0 rings (SSSR count). The van der Waals surface area contributed by atoms with E-state index >= 15 is 0 Å². The van der Waals surface area contributed by atoms with Gasteiger partial charge >= 0.3 is 5.97 Å². The predicted molar refractivity (Wildman–Crippen MR) is 70.3 cm³/mol. The maximum absolute atomic E-state index is 10.3. The fourth-order valence-electron chi connectivity index (χ4n) is 1.74. The number of hydrogen-bond acceptors (Lipinski definition) is 2. The molecule has 0 spiro atoms. The normalized spacial score (nSPS) is 10.6. The van der Waals surface area contributed by atoms with Crippen molar-refractivity contribution in [1.29, 1.82) is 0 Å². The SMILES string of the molecule is CCCCCCCCOCCCCCC(=O)O. The first kappa shape index (κ1) is 16.4. The summed E-state index contributed by atoms with van der Waals surface area (Å²) in [5, 5.41) is 8.44. The fraction of sp³-hybridized carbons (Fsp3) is 0.929. The highest BCUT2D eigenvalue weighted by Gasteiger charge is 1.96. The zero-order chi connectivity index (χ0) is 12.8. The van der Waals surface area contributed by atoms with Crippen molar-refractivity contribution in [3.05, 3.63) is 0 Å². The van der Waals surface area contributed by atoms with Crippen molar-refractivity contribution < 1.29 is 14.6 Å². The van der Waals surface area contributed by atoms with Crippen LogP contribution >= 0.6 is 0 Å². The number of carbonyl (C=O) groups is 1. The number of carboxylic acids is 1. The van der Waals surface area contributed by atoms with Crippen LogP contribution in [0.3, 0.4) is 0 Å². The lowest BCUT2D eigenvalue weighted by Gasteiger charge is -2.04. The quantitative estimate of drug-likeness (QED) is 0.498. The van der Waals surface area contributed by atoms with Gasteiger partial charge in [0, 0.05) is 19.6 Å². The molecule has 0 aliphatic carbocycles. The maximum Gasteiger partial charge on any atom is 0.303 e. The van der Waals surface area contributed by atoms with Crippen LogP contribution in [0, 0.1) is 0 Å². The van der Waals surface area contributed by atoms with Crippen LogP contribution in [0.1, 0.15) is 71.1 Å². The first-order valence-electron chi connectivity index (χ1n) is 7.07. The highest BCUT2D eigenvalue weighted by molar-refractivity contribution is 5.66. The first-order valence-corrected chi connectivity index (χ1v) is 7.07. The van der Waals surface area contributed by atoms with Gasteiger partial charge in [-0.05, 0) is 19.3 Å². The summed E-state index contributed by atoms with van der Waals surface area (Å²) in [6.07, 6.45) is 10.8. The van der Waals surface area contributed by atoms with Crippen molar-refractivity contribution >= 4 is 5.97 Å². The van der Waals surface area contributed by atoms with Crippen LogP contribution in [0.2, 0.25) is 0 Å². The van der Waals surface area contributed by atoms with Crippen LogP contribution in [0.25, 0.3) is 0 Å². The molecule has 17 heavy (non-hydrogen) atoms. The smallest absolute Gasteiger partial charge is 0.303 e. The van der Waals surface area contributed by atoms with Gasteiger partial charge in [0.15, 0.2) is 0 Å². The number of carboxylic acid groups (broad SMARTS) is 1. The van der Waals surface area contributed by atoms with Crippen molar-refractivity contribution in [2.24, 2.45) is 0 Å². The van der Waals surface area contributed by atoms with E-state index in [4.69, 9.17) is 9.84 Å². The zero-order valence-electron chi connectivity index (χ0n) is 11.2. The van der Waals surface area contributed by atoms with Gasteiger partial charge in [0.1, 0.15) is 0 Å². The van der Waals surface area contributed by atoms with E-state index in [0.29, 0.717) is 0 Å². The summed E-state index contributed by atoms with van der Waals surface area (Å²) < 4.78 is 5.50. The van der Waals surface area contributed by atoms with Gasteiger partial charge in [-0.15, -0.1) is 0 Å². The Morgan fingerprint density at radius 1 is 0.882 bits per heavy atom. The third-order valence-corrected chi connectivity index (χ3v) is 2.82. The second kappa shape index (κ2) is 13.5. The molecule has 0 aromatic carbocycles. The second-order valence-corrected chi connectivity index (χ2v) is 4.58. The van der Waals surface area contributed by atoms with E-state index < -0.39 is 5.97 Å². The van der Waals surface area contributed by atoms with E-state index in [-0.39, 0.29) is 6.42 Å². The highest BCUT2D eigenvalue weighted by atomic mass is 16.5. The first-order chi connectivity index (χ1) is 8.27. The molecule has 0 saturated heterocycles. The van der Waals surface area contributed by atoms with Gasteiger partial charge in [-0.25, -0.2) is 0 Å². The third-order valence-electron chi connectivity index (χ3n) is 2.82. The van der Waals surface area contributed by atoms with Crippen LogP contribution < -0.4 is 0 Å². The zero-order valence-corrected chi connectivity index (χ0v) is 11.2. The molecule has 0 aromatic rings. The molecule has 0 bridgehead atoms. The van der Waals surface area contributed by atoms with Crippen molar-refractivity contribution in [3.63, 3.8) is 0 Å². The Kier molecular flexibility index (Phi) is 13.0. The Balaban J connectivity index is 2.91. The topological polar surface area (TPSA) is 46.5 Å². The number of rotatable bonds is 13. The summed E-state index contributed by atoms with van der Waals surface area (Å²) in [5.41, 5.74) is 0. The Morgan fingerprint density at radius 3 is 2.00 bits per heavy atom. The minimum atomic E-state index is -0.696. The molecule has 3 heteroatoms. The molecular weight excluding hydrogens is 216 g/mol. The van der Waals surface area contributed by atoms with Crippen LogP contribution in [-0.2, 0) is 9.53 Å². The molecule has 0 fully saturated rings. The summed E-state index contributed by atoms with van der Waals surface area (Å²) in [6, 6.07) is 0. The van der Waals surface area contributed by atoms with Crippen LogP contribution in [0.5, 0.6) is 0 Å². The highest BCUT2D eigenvalue weighted by Crippen LogP contribution is 2.05. The molecule has 0 aliphatic heterocycles. The fourth-order valence-corrected chi connectivity index (χ4v) is 1.74. The molecule has 102 valence electrons. The maximum atomic E-state index is 10.3. The number of hydrogen-bond donors (Lipinski definition) is 1. The predicted octanol–water partition coefficient (Wildman–Crippen LogP) is 4.01. The molecule has 0 atom stereocenters. The van der Waals surface area contributed by atoms with E-state index in [1.165, 1.54) is 38.5 Å². The molecule has 0 saturated carbocycles. The molecule has 0 radical (unpaired) electrons. The van der Waals surface area contributed by atoms with E-state index in [2.05, 4.69) is 6.92 Å².